The van der Waals surface area contributed by atoms with Crippen molar-refractivity contribution in [2.75, 3.05) is 39.3 Å². The summed E-state index contributed by atoms with van der Waals surface area (Å²) < 4.78 is 10.8. The monoisotopic (exact) mass is 479 g/mol. The van der Waals surface area contributed by atoms with E-state index in [2.05, 4.69) is 18.7 Å². The number of thiazole rings is 1. The minimum Gasteiger partial charge on any atom is -0.462 e. The number of carbonyl (C=O) groups excluding carboxylic acids is 2. The molecule has 186 valence electrons. The van der Waals surface area contributed by atoms with Gasteiger partial charge in [0.15, 0.2) is 0 Å². The van der Waals surface area contributed by atoms with Crippen LogP contribution in [0.4, 0.5) is 4.79 Å². The second-order valence-corrected chi connectivity index (χ2v) is 11.7. The van der Waals surface area contributed by atoms with E-state index in [1.165, 1.54) is 11.3 Å². The van der Waals surface area contributed by atoms with Crippen molar-refractivity contribution in [3.8, 4) is 0 Å². The Balaban J connectivity index is 1.53. The van der Waals surface area contributed by atoms with E-state index in [0.717, 1.165) is 69.1 Å². The summed E-state index contributed by atoms with van der Waals surface area (Å²) in [7, 11) is 0. The lowest BCUT2D eigenvalue weighted by Gasteiger charge is -2.38. The van der Waals surface area contributed by atoms with Crippen LogP contribution in [0.15, 0.2) is 0 Å². The standard InChI is InChI=1S/C25H41N3O4S/c1-7-31-23(29)21-20(17(2)3)26-22(33-21)19-10-13-27(14-11-19)15-18-9-8-12-28(16-18)24(30)32-25(4,5)6/h17-19H,7-16H2,1-6H3. The average Bonchev–Trinajstić information content (AvgIpc) is 3.19. The number of rotatable bonds is 6. The van der Waals surface area contributed by atoms with E-state index in [9.17, 15) is 9.59 Å². The topological polar surface area (TPSA) is 72.0 Å². The highest BCUT2D eigenvalue weighted by Crippen LogP contribution is 2.35. The smallest absolute Gasteiger partial charge is 0.410 e. The molecule has 0 aromatic carbocycles. The van der Waals surface area contributed by atoms with Crippen molar-refractivity contribution in [3.63, 3.8) is 0 Å². The maximum Gasteiger partial charge on any atom is 0.410 e. The number of amides is 1. The highest BCUT2D eigenvalue weighted by Gasteiger charge is 2.31. The predicted molar refractivity (Wildman–Crippen MR) is 131 cm³/mol. The van der Waals surface area contributed by atoms with Gasteiger partial charge in [-0.15, -0.1) is 11.3 Å². The van der Waals surface area contributed by atoms with Gasteiger partial charge in [-0.05, 0) is 78.3 Å². The summed E-state index contributed by atoms with van der Waals surface area (Å²) in [6.07, 6.45) is 4.11. The molecule has 3 rings (SSSR count). The maximum atomic E-state index is 12.5. The predicted octanol–water partition coefficient (Wildman–Crippen LogP) is 5.27. The molecule has 3 heterocycles. The lowest BCUT2D eigenvalue weighted by Crippen LogP contribution is -2.46. The third-order valence-corrected chi connectivity index (χ3v) is 7.52. The number of piperidine rings is 2. The Morgan fingerprint density at radius 1 is 1.15 bits per heavy atom. The van der Waals surface area contributed by atoms with Crippen LogP contribution in [0.3, 0.4) is 0 Å². The molecule has 7 nitrogen and oxygen atoms in total. The molecular formula is C25H41N3O4S. The summed E-state index contributed by atoms with van der Waals surface area (Å²) in [6.45, 7) is 16.8. The molecular weight excluding hydrogens is 438 g/mol. The first-order valence-corrected chi connectivity index (χ1v) is 13.3. The third kappa shape index (κ3) is 7.15. The summed E-state index contributed by atoms with van der Waals surface area (Å²) in [5.74, 6) is 0.852. The lowest BCUT2D eigenvalue weighted by atomic mass is 9.94. The Morgan fingerprint density at radius 3 is 2.45 bits per heavy atom. The van der Waals surface area contributed by atoms with Crippen molar-refractivity contribution in [1.29, 1.82) is 0 Å². The van der Waals surface area contributed by atoms with Gasteiger partial charge < -0.3 is 19.3 Å². The second-order valence-electron chi connectivity index (χ2n) is 10.7. The molecule has 33 heavy (non-hydrogen) atoms. The summed E-state index contributed by atoms with van der Waals surface area (Å²) in [5, 5.41) is 1.08. The molecule has 2 aliphatic rings. The van der Waals surface area contributed by atoms with E-state index in [-0.39, 0.29) is 18.0 Å². The van der Waals surface area contributed by atoms with Gasteiger partial charge in [0.1, 0.15) is 10.5 Å². The van der Waals surface area contributed by atoms with Crippen LogP contribution in [0.2, 0.25) is 0 Å². The van der Waals surface area contributed by atoms with Crippen LogP contribution >= 0.6 is 11.3 Å². The van der Waals surface area contributed by atoms with Gasteiger partial charge in [0.2, 0.25) is 0 Å². The molecule has 0 bridgehead atoms. The van der Waals surface area contributed by atoms with Crippen molar-refractivity contribution in [3.05, 3.63) is 15.6 Å². The summed E-state index contributed by atoms with van der Waals surface area (Å²) in [6, 6.07) is 0. The third-order valence-electron chi connectivity index (χ3n) is 6.30. The number of likely N-dealkylation sites (tertiary alicyclic amines) is 2. The van der Waals surface area contributed by atoms with E-state index >= 15 is 0 Å². The van der Waals surface area contributed by atoms with Gasteiger partial charge in [-0.3, -0.25) is 0 Å². The molecule has 2 aliphatic heterocycles. The van der Waals surface area contributed by atoms with Crippen molar-refractivity contribution < 1.29 is 19.1 Å². The van der Waals surface area contributed by atoms with Crippen molar-refractivity contribution in [2.45, 2.75) is 84.7 Å². The van der Waals surface area contributed by atoms with Crippen LogP contribution in [0.5, 0.6) is 0 Å². The van der Waals surface area contributed by atoms with E-state index in [0.29, 0.717) is 23.3 Å². The van der Waals surface area contributed by atoms with Crippen LogP contribution in [-0.2, 0) is 9.47 Å². The van der Waals surface area contributed by atoms with Crippen LogP contribution in [0.1, 0.15) is 99.4 Å². The lowest BCUT2D eigenvalue weighted by molar-refractivity contribution is 0.0139. The number of esters is 1. The largest absolute Gasteiger partial charge is 0.462 e. The molecule has 8 heteroatoms. The summed E-state index contributed by atoms with van der Waals surface area (Å²) in [4.78, 5) is 34.8. The Morgan fingerprint density at radius 2 is 1.85 bits per heavy atom. The van der Waals surface area contributed by atoms with Gasteiger partial charge >= 0.3 is 12.1 Å². The highest BCUT2D eigenvalue weighted by atomic mass is 32.1. The van der Waals surface area contributed by atoms with Gasteiger partial charge in [0, 0.05) is 25.6 Å². The molecule has 1 amide bonds. The molecule has 1 aromatic heterocycles. The Hall–Kier alpha value is -1.67. The van der Waals surface area contributed by atoms with Gasteiger partial charge in [0.25, 0.3) is 0 Å². The molecule has 0 saturated carbocycles. The van der Waals surface area contributed by atoms with Crippen LogP contribution in [0.25, 0.3) is 0 Å². The summed E-state index contributed by atoms with van der Waals surface area (Å²) >= 11 is 1.52. The first-order chi connectivity index (χ1) is 15.6. The first-order valence-electron chi connectivity index (χ1n) is 12.4. The minimum absolute atomic E-state index is 0.187. The maximum absolute atomic E-state index is 12.5. The van der Waals surface area contributed by atoms with Gasteiger partial charge in [-0.25, -0.2) is 14.6 Å². The fraction of sp³-hybridized carbons (Fsp3) is 0.800. The number of hydrogen-bond acceptors (Lipinski definition) is 7. The Bertz CT molecular complexity index is 809. The molecule has 2 fully saturated rings. The number of aromatic nitrogens is 1. The zero-order valence-corrected chi connectivity index (χ0v) is 22.0. The quantitative estimate of drug-likeness (QED) is 0.518. The molecule has 0 aliphatic carbocycles. The van der Waals surface area contributed by atoms with E-state index in [1.54, 1.807) is 0 Å². The van der Waals surface area contributed by atoms with E-state index < -0.39 is 5.60 Å². The molecule has 1 aromatic rings. The normalized spacial score (nSPS) is 20.8. The molecule has 1 unspecified atom stereocenters. The SMILES string of the molecule is CCOC(=O)c1sc(C2CCN(CC3CCCN(C(=O)OC(C)(C)C)C3)CC2)nc1C(C)C. The van der Waals surface area contributed by atoms with E-state index in [4.69, 9.17) is 14.5 Å². The Kier molecular flexibility index (Phi) is 8.78. The fourth-order valence-corrected chi connectivity index (χ4v) is 5.98. The number of hydrogen-bond donors (Lipinski definition) is 0. The zero-order chi connectivity index (χ0) is 24.2. The number of nitrogens with zero attached hydrogens (tertiary/aromatic N) is 3. The average molecular weight is 480 g/mol. The molecule has 0 spiro atoms. The van der Waals surface area contributed by atoms with E-state index in [1.807, 2.05) is 32.6 Å². The zero-order valence-electron chi connectivity index (χ0n) is 21.2. The first kappa shape index (κ1) is 25.9. The molecule has 1 atom stereocenters. The molecule has 2 saturated heterocycles. The van der Waals surface area contributed by atoms with Crippen molar-refractivity contribution in [2.24, 2.45) is 5.92 Å². The van der Waals surface area contributed by atoms with Crippen LogP contribution in [-0.4, -0.2) is 71.8 Å². The fourth-order valence-electron chi connectivity index (χ4n) is 4.69. The molecule has 0 N–H and O–H groups in total. The second kappa shape index (κ2) is 11.2. The minimum atomic E-state index is -0.454. The van der Waals surface area contributed by atoms with Crippen LogP contribution < -0.4 is 0 Å². The van der Waals surface area contributed by atoms with Gasteiger partial charge in [-0.2, -0.15) is 0 Å². The highest BCUT2D eigenvalue weighted by molar-refractivity contribution is 7.13. The van der Waals surface area contributed by atoms with Gasteiger partial charge in [0.05, 0.1) is 17.3 Å². The number of ether oxygens (including phenoxy) is 2. The number of carbonyl (C=O) groups is 2. The summed E-state index contributed by atoms with van der Waals surface area (Å²) in [5.41, 5.74) is 0.421. The Labute approximate surface area is 202 Å². The van der Waals surface area contributed by atoms with Crippen LogP contribution in [0, 0.1) is 5.92 Å². The van der Waals surface area contributed by atoms with Crippen molar-refractivity contribution in [1.82, 2.24) is 14.8 Å². The van der Waals surface area contributed by atoms with Crippen molar-refractivity contribution >= 4 is 23.4 Å². The molecule has 0 radical (unpaired) electrons. The van der Waals surface area contributed by atoms with Gasteiger partial charge in [-0.1, -0.05) is 13.8 Å².